The Labute approximate surface area is 661 Å². The van der Waals surface area contributed by atoms with Gasteiger partial charge in [0.05, 0.1) is 22.1 Å². The van der Waals surface area contributed by atoms with Gasteiger partial charge in [0.1, 0.15) is 0 Å². The normalized spacial score (nSPS) is 11.5. The molecule has 0 N–H and O–H groups in total. The maximum Gasteiger partial charge on any atom is 0.0561 e. The number of benzene rings is 17. The molecule has 0 unspecified atom stereocenters. The SMILES string of the molecule is Brc1cc(N(c2ccccc2)c2ccc3sc4ccc5ccccc5c4c3c2)cc(N(c2ccccc2)c2ccc3c4ccccc4n(-c4ccccc4)c3c2)c1.Brc1cc(N(c2ccccc2)c2ccc3sc4ccccc4c3c2)cc(N(c2ccccc2)c2ccc3c4ccccc4n(-c4ccccc4)c3c2)c1. The fourth-order valence-corrected chi connectivity index (χ4v) is 19.3. The van der Waals surface area contributed by atoms with Crippen molar-refractivity contribution in [3.05, 3.63) is 409 Å². The lowest BCUT2D eigenvalue weighted by Crippen LogP contribution is -2.13. The van der Waals surface area contributed by atoms with Gasteiger partial charge in [0.25, 0.3) is 0 Å². The van der Waals surface area contributed by atoms with Crippen molar-refractivity contribution in [1.29, 1.82) is 0 Å². The number of halogens is 2. The molecule has 0 aliphatic carbocycles. The molecule has 522 valence electrons. The number of para-hydroxylation sites is 8. The minimum atomic E-state index is 0.990. The monoisotopic (exact) mass is 1570 g/mol. The van der Waals surface area contributed by atoms with Crippen LogP contribution in [0, 0.1) is 0 Å². The van der Waals surface area contributed by atoms with Crippen LogP contribution < -0.4 is 19.6 Å². The van der Waals surface area contributed by atoms with Crippen LogP contribution in [0.3, 0.4) is 0 Å². The molecular formula is C100H66Br2N6S2. The molecule has 0 aliphatic rings. The predicted molar refractivity (Wildman–Crippen MR) is 479 cm³/mol. The molecule has 6 nitrogen and oxygen atoms in total. The first kappa shape index (κ1) is 66.6. The van der Waals surface area contributed by atoms with Crippen LogP contribution in [0.1, 0.15) is 0 Å². The number of aromatic nitrogens is 2. The fourth-order valence-electron chi connectivity index (χ4n) is 16.2. The maximum atomic E-state index is 3.98. The molecule has 0 aliphatic heterocycles. The first-order valence-corrected chi connectivity index (χ1v) is 40.0. The molecule has 0 atom stereocenters. The summed E-state index contributed by atoms with van der Waals surface area (Å²) in [6.45, 7) is 0. The lowest BCUT2D eigenvalue weighted by Gasteiger charge is -2.30. The van der Waals surface area contributed by atoms with Crippen molar-refractivity contribution in [2.75, 3.05) is 19.6 Å². The van der Waals surface area contributed by atoms with Crippen molar-refractivity contribution in [2.24, 2.45) is 0 Å². The van der Waals surface area contributed by atoms with E-state index in [1.54, 1.807) is 0 Å². The third-order valence-electron chi connectivity index (χ3n) is 20.9. The molecule has 17 aromatic carbocycles. The Morgan fingerprint density at radius 2 is 0.509 bits per heavy atom. The lowest BCUT2D eigenvalue weighted by atomic mass is 10.0. The van der Waals surface area contributed by atoms with Crippen molar-refractivity contribution in [1.82, 2.24) is 9.13 Å². The highest BCUT2D eigenvalue weighted by Gasteiger charge is 2.25. The Balaban J connectivity index is 0.000000144. The molecule has 4 heterocycles. The van der Waals surface area contributed by atoms with Crippen molar-refractivity contribution in [3.63, 3.8) is 0 Å². The molecule has 0 saturated heterocycles. The Hall–Kier alpha value is -12.8. The van der Waals surface area contributed by atoms with E-state index in [1.165, 1.54) is 83.7 Å². The Kier molecular flexibility index (Phi) is 17.2. The van der Waals surface area contributed by atoms with Gasteiger partial charge in [0.2, 0.25) is 0 Å². The van der Waals surface area contributed by atoms with E-state index in [0.717, 1.165) is 99.6 Å². The van der Waals surface area contributed by atoms with Crippen LogP contribution >= 0.6 is 54.5 Å². The number of fused-ring (bicyclic) bond motifs is 14. The number of anilines is 12. The average Bonchev–Trinajstić information content (AvgIpc) is 1.56. The fraction of sp³-hybridized carbons (Fsp3) is 0. The van der Waals surface area contributed by atoms with Crippen molar-refractivity contribution in [2.45, 2.75) is 0 Å². The zero-order valence-electron chi connectivity index (χ0n) is 59.4. The lowest BCUT2D eigenvalue weighted by molar-refractivity contribution is 1.18. The molecule has 0 saturated carbocycles. The summed E-state index contributed by atoms with van der Waals surface area (Å²) in [5, 5.41) is 12.6. The van der Waals surface area contributed by atoms with Crippen LogP contribution in [0.15, 0.2) is 409 Å². The highest BCUT2D eigenvalue weighted by atomic mass is 79.9. The van der Waals surface area contributed by atoms with E-state index in [1.807, 2.05) is 22.7 Å². The van der Waals surface area contributed by atoms with Crippen molar-refractivity contribution in [3.8, 4) is 11.4 Å². The van der Waals surface area contributed by atoms with E-state index in [2.05, 4.69) is 461 Å². The predicted octanol–water partition coefficient (Wildman–Crippen LogP) is 30.9. The van der Waals surface area contributed by atoms with Gasteiger partial charge in [0, 0.05) is 150 Å². The smallest absolute Gasteiger partial charge is 0.0561 e. The summed E-state index contributed by atoms with van der Waals surface area (Å²) in [7, 11) is 0. The van der Waals surface area contributed by atoms with Gasteiger partial charge in [-0.25, -0.2) is 0 Å². The van der Waals surface area contributed by atoms with Crippen LogP contribution in [0.4, 0.5) is 68.2 Å². The van der Waals surface area contributed by atoms with E-state index in [-0.39, 0.29) is 0 Å². The number of hydrogen-bond acceptors (Lipinski definition) is 6. The molecule has 4 aromatic heterocycles. The molecule has 21 rings (SSSR count). The summed E-state index contributed by atoms with van der Waals surface area (Å²) in [5.41, 5.74) is 19.9. The topological polar surface area (TPSA) is 22.8 Å². The number of rotatable bonds is 14. The number of thiophene rings is 2. The van der Waals surface area contributed by atoms with Crippen molar-refractivity contribution >= 4 is 218 Å². The van der Waals surface area contributed by atoms with Crippen LogP contribution in [0.25, 0.3) is 106 Å². The van der Waals surface area contributed by atoms with Crippen LogP contribution in [-0.4, -0.2) is 9.13 Å². The molecule has 0 spiro atoms. The summed E-state index contributed by atoms with van der Waals surface area (Å²) < 4.78 is 11.9. The molecule has 0 fully saturated rings. The van der Waals surface area contributed by atoms with Gasteiger partial charge in [-0.05, 0) is 205 Å². The second-order valence-corrected chi connectivity index (χ2v) is 31.5. The van der Waals surface area contributed by atoms with Gasteiger partial charge in [-0.1, -0.05) is 238 Å². The summed E-state index contributed by atoms with van der Waals surface area (Å²) in [4.78, 5) is 9.47. The molecule has 110 heavy (non-hydrogen) atoms. The third-order valence-corrected chi connectivity index (χ3v) is 24.1. The van der Waals surface area contributed by atoms with E-state index < -0.39 is 0 Å². The van der Waals surface area contributed by atoms with Gasteiger partial charge in [-0.2, -0.15) is 0 Å². The zero-order chi connectivity index (χ0) is 73.2. The molecule has 0 radical (unpaired) electrons. The molecular weight excluding hydrogens is 1510 g/mol. The Morgan fingerprint density at radius 3 is 0.964 bits per heavy atom. The minimum Gasteiger partial charge on any atom is -0.310 e. The van der Waals surface area contributed by atoms with Crippen molar-refractivity contribution < 1.29 is 0 Å². The summed E-state index contributed by atoms with van der Waals surface area (Å²) in [5.74, 6) is 0. The number of nitrogens with zero attached hydrogens (tertiary/aromatic N) is 6. The van der Waals surface area contributed by atoms with Crippen LogP contribution in [0.2, 0.25) is 0 Å². The van der Waals surface area contributed by atoms with E-state index in [4.69, 9.17) is 0 Å². The zero-order valence-corrected chi connectivity index (χ0v) is 64.2. The molecule has 10 heteroatoms. The summed E-state index contributed by atoms with van der Waals surface area (Å²) in [6, 6.07) is 144. The second kappa shape index (κ2) is 28.4. The molecule has 21 aromatic rings. The van der Waals surface area contributed by atoms with Gasteiger partial charge in [-0.15, -0.1) is 22.7 Å². The minimum absolute atomic E-state index is 0.990. The van der Waals surface area contributed by atoms with Gasteiger partial charge in [0.15, 0.2) is 0 Å². The molecule has 0 amide bonds. The third kappa shape index (κ3) is 12.1. The Morgan fingerprint density at radius 1 is 0.191 bits per heavy atom. The standard InChI is InChI=1S/C52H34BrN3S.C48H32BrN3S/c53-36-30-42(54(37-15-4-1-5-16-37)40-26-29-50-47(33-40)52-44-21-11-10-14-35(44)24-28-51(52)57-50)32-43(31-36)55(38-17-6-2-7-18-38)41-25-27-46-45-22-12-13-23-48(45)56(49(46)34-41)39-19-8-3-9-20-39;49-33-28-39(50(34-14-4-1-5-15-34)37-25-27-48-44(31-37)43-21-11-13-23-47(43)53-48)30-40(29-33)51(35-16-6-2-7-17-35)38-24-26-42-41-20-10-12-22-45(41)52(46(42)32-38)36-18-8-3-9-19-36/h1-34H;1-32H. The van der Waals surface area contributed by atoms with Crippen LogP contribution in [0.5, 0.6) is 0 Å². The van der Waals surface area contributed by atoms with Gasteiger partial charge in [-0.3, -0.25) is 0 Å². The first-order valence-electron chi connectivity index (χ1n) is 36.8. The first-order chi connectivity index (χ1) is 54.4. The summed E-state index contributed by atoms with van der Waals surface area (Å²) >= 11 is 11.6. The van der Waals surface area contributed by atoms with Crippen LogP contribution in [-0.2, 0) is 0 Å². The summed E-state index contributed by atoms with van der Waals surface area (Å²) in [6.07, 6.45) is 0. The van der Waals surface area contributed by atoms with Gasteiger partial charge >= 0.3 is 0 Å². The average molecular weight is 1580 g/mol. The van der Waals surface area contributed by atoms with E-state index in [0.29, 0.717) is 0 Å². The van der Waals surface area contributed by atoms with E-state index >= 15 is 0 Å². The number of hydrogen-bond donors (Lipinski definition) is 0. The Bertz CT molecular complexity index is 7020. The largest absolute Gasteiger partial charge is 0.310 e. The quantitative estimate of drug-likeness (QED) is 0.108. The van der Waals surface area contributed by atoms with Gasteiger partial charge < -0.3 is 28.7 Å². The second-order valence-electron chi connectivity index (χ2n) is 27.5. The highest BCUT2D eigenvalue weighted by molar-refractivity contribution is 9.10. The van der Waals surface area contributed by atoms with E-state index in [9.17, 15) is 0 Å². The maximum absolute atomic E-state index is 3.98. The highest BCUT2D eigenvalue weighted by Crippen LogP contribution is 2.50. The molecule has 0 bridgehead atoms.